The zero-order valence-electron chi connectivity index (χ0n) is 14.1. The van der Waals surface area contributed by atoms with Crippen LogP contribution < -0.4 is 9.64 Å². The summed E-state index contributed by atoms with van der Waals surface area (Å²) in [6.45, 7) is 2.86. The first-order chi connectivity index (χ1) is 12.2. The number of rotatable bonds is 3. The molecule has 4 rings (SSSR count). The number of quaternary nitrogens is 1. The monoisotopic (exact) mass is 340 g/mol. The Morgan fingerprint density at radius 2 is 1.92 bits per heavy atom. The SMILES string of the molecule is O=C1/C(=C/c2ccco2)Oc2c1ccc(O)c2C[NH+]1CCCCCC1. The normalized spacial score (nSPS) is 19.7. The number of phenols is 1. The van der Waals surface area contributed by atoms with Crippen molar-refractivity contribution in [2.45, 2.75) is 32.2 Å². The van der Waals surface area contributed by atoms with Gasteiger partial charge in [-0.25, -0.2) is 0 Å². The molecule has 2 aliphatic heterocycles. The van der Waals surface area contributed by atoms with Crippen molar-refractivity contribution < 1.29 is 24.0 Å². The number of aromatic hydroxyl groups is 1. The van der Waals surface area contributed by atoms with Crippen molar-refractivity contribution in [3.8, 4) is 11.5 Å². The fourth-order valence-corrected chi connectivity index (χ4v) is 3.63. The molecule has 0 bridgehead atoms. The molecule has 3 heterocycles. The van der Waals surface area contributed by atoms with Crippen LogP contribution in [0.3, 0.4) is 0 Å². The molecule has 130 valence electrons. The molecule has 1 saturated heterocycles. The number of carbonyl (C=O) groups excluding carboxylic acids is 1. The van der Waals surface area contributed by atoms with Crippen LogP contribution in [0.15, 0.2) is 40.7 Å². The van der Waals surface area contributed by atoms with Gasteiger partial charge in [-0.15, -0.1) is 0 Å². The van der Waals surface area contributed by atoms with E-state index >= 15 is 0 Å². The summed E-state index contributed by atoms with van der Waals surface area (Å²) >= 11 is 0. The molecule has 1 aromatic carbocycles. The zero-order valence-corrected chi connectivity index (χ0v) is 14.1. The second-order valence-corrected chi connectivity index (χ2v) is 6.74. The Kier molecular flexibility index (Phi) is 4.32. The van der Waals surface area contributed by atoms with Gasteiger partial charge in [0.05, 0.1) is 30.5 Å². The van der Waals surface area contributed by atoms with Crippen molar-refractivity contribution in [2.75, 3.05) is 13.1 Å². The topological polar surface area (TPSA) is 64.1 Å². The highest BCUT2D eigenvalue weighted by atomic mass is 16.5. The quantitative estimate of drug-likeness (QED) is 0.843. The number of ketones is 1. The van der Waals surface area contributed by atoms with E-state index < -0.39 is 0 Å². The lowest BCUT2D eigenvalue weighted by atomic mass is 10.0. The molecule has 0 amide bonds. The Balaban J connectivity index is 1.64. The minimum Gasteiger partial charge on any atom is -0.507 e. The van der Waals surface area contributed by atoms with Crippen LogP contribution in [0.25, 0.3) is 6.08 Å². The lowest BCUT2D eigenvalue weighted by Crippen LogP contribution is -3.10. The molecule has 0 spiro atoms. The summed E-state index contributed by atoms with van der Waals surface area (Å²) in [5.41, 5.74) is 1.24. The summed E-state index contributed by atoms with van der Waals surface area (Å²) in [6, 6.07) is 6.77. The molecular formula is C20H22NO4+. The summed E-state index contributed by atoms with van der Waals surface area (Å²) < 4.78 is 11.1. The highest BCUT2D eigenvalue weighted by Crippen LogP contribution is 2.39. The van der Waals surface area contributed by atoms with Crippen LogP contribution in [-0.2, 0) is 6.54 Å². The fourth-order valence-electron chi connectivity index (χ4n) is 3.63. The minimum atomic E-state index is -0.168. The molecular weight excluding hydrogens is 318 g/mol. The summed E-state index contributed by atoms with van der Waals surface area (Å²) in [5.74, 6) is 1.34. The third-order valence-corrected chi connectivity index (χ3v) is 4.97. The van der Waals surface area contributed by atoms with Crippen LogP contribution in [0.1, 0.15) is 47.4 Å². The summed E-state index contributed by atoms with van der Waals surface area (Å²) in [7, 11) is 0. The van der Waals surface area contributed by atoms with E-state index in [1.165, 1.54) is 30.6 Å². The van der Waals surface area contributed by atoms with Crippen molar-refractivity contribution in [1.29, 1.82) is 0 Å². The van der Waals surface area contributed by atoms with Gasteiger partial charge < -0.3 is 19.2 Å². The van der Waals surface area contributed by atoms with Gasteiger partial charge in [0.15, 0.2) is 11.5 Å². The highest BCUT2D eigenvalue weighted by molar-refractivity contribution is 6.14. The summed E-state index contributed by atoms with van der Waals surface area (Å²) in [5, 5.41) is 10.4. The van der Waals surface area contributed by atoms with Gasteiger partial charge in [-0.05, 0) is 49.9 Å². The van der Waals surface area contributed by atoms with Crippen molar-refractivity contribution in [3.05, 3.63) is 53.2 Å². The first-order valence-electron chi connectivity index (χ1n) is 8.88. The van der Waals surface area contributed by atoms with Crippen LogP contribution in [0, 0.1) is 0 Å². The minimum absolute atomic E-state index is 0.168. The van der Waals surface area contributed by atoms with Crippen molar-refractivity contribution in [2.24, 2.45) is 0 Å². The maximum Gasteiger partial charge on any atom is 0.232 e. The maximum atomic E-state index is 12.6. The van der Waals surface area contributed by atoms with Gasteiger partial charge in [-0.2, -0.15) is 0 Å². The smallest absolute Gasteiger partial charge is 0.232 e. The van der Waals surface area contributed by atoms with Crippen molar-refractivity contribution in [1.82, 2.24) is 0 Å². The van der Waals surface area contributed by atoms with Gasteiger partial charge in [-0.1, -0.05) is 0 Å². The number of phenolic OH excluding ortho intramolecular Hbond substituents is 1. The number of fused-ring (bicyclic) bond motifs is 1. The largest absolute Gasteiger partial charge is 0.507 e. The van der Waals surface area contributed by atoms with Crippen molar-refractivity contribution >= 4 is 11.9 Å². The number of nitrogens with one attached hydrogen (secondary N) is 1. The number of hydrogen-bond donors (Lipinski definition) is 2. The number of carbonyl (C=O) groups is 1. The molecule has 2 aliphatic rings. The molecule has 1 aromatic heterocycles. The van der Waals surface area contributed by atoms with Crippen LogP contribution in [0.5, 0.6) is 11.5 Å². The summed E-state index contributed by atoms with van der Waals surface area (Å²) in [6.07, 6.45) is 8.10. The Morgan fingerprint density at radius 3 is 2.64 bits per heavy atom. The number of allylic oxidation sites excluding steroid dienone is 1. The predicted molar refractivity (Wildman–Crippen MR) is 92.6 cm³/mol. The average molecular weight is 340 g/mol. The number of Topliss-reactive ketones (excluding diaryl/α,β-unsaturated/α-hetero) is 1. The molecule has 0 aliphatic carbocycles. The van der Waals surface area contributed by atoms with Gasteiger partial charge in [0, 0.05) is 6.08 Å². The fraction of sp³-hybridized carbons (Fsp3) is 0.350. The van der Waals surface area contributed by atoms with Gasteiger partial charge in [-0.3, -0.25) is 4.79 Å². The second-order valence-electron chi connectivity index (χ2n) is 6.74. The third-order valence-electron chi connectivity index (χ3n) is 4.97. The summed E-state index contributed by atoms with van der Waals surface area (Å²) in [4.78, 5) is 14.0. The zero-order chi connectivity index (χ0) is 17.2. The van der Waals surface area contributed by atoms with E-state index in [0.29, 0.717) is 23.6 Å². The number of benzene rings is 1. The third kappa shape index (κ3) is 3.20. The van der Waals surface area contributed by atoms with E-state index in [1.54, 1.807) is 36.6 Å². The lowest BCUT2D eigenvalue weighted by molar-refractivity contribution is -0.913. The molecule has 0 radical (unpaired) electrons. The molecule has 2 aromatic rings. The maximum absolute atomic E-state index is 12.6. The molecule has 5 nitrogen and oxygen atoms in total. The van der Waals surface area contributed by atoms with E-state index in [2.05, 4.69) is 0 Å². The number of ether oxygens (including phenoxy) is 1. The van der Waals surface area contributed by atoms with Crippen LogP contribution in [0.2, 0.25) is 0 Å². The van der Waals surface area contributed by atoms with Crippen LogP contribution in [-0.4, -0.2) is 24.0 Å². The van der Waals surface area contributed by atoms with Crippen LogP contribution >= 0.6 is 0 Å². The van der Waals surface area contributed by atoms with E-state index in [1.807, 2.05) is 0 Å². The second kappa shape index (κ2) is 6.76. The Morgan fingerprint density at radius 1 is 1.12 bits per heavy atom. The standard InChI is InChI=1S/C20H21NO4/c22-17-8-7-15-19(23)18(12-14-6-5-11-24-14)25-20(15)16(17)13-21-9-3-1-2-4-10-21/h5-8,11-12,22H,1-4,9-10,13H2/p+1/b18-12-. The molecule has 1 fully saturated rings. The van der Waals surface area contributed by atoms with E-state index in [-0.39, 0.29) is 17.3 Å². The van der Waals surface area contributed by atoms with E-state index in [9.17, 15) is 9.90 Å². The lowest BCUT2D eigenvalue weighted by Gasteiger charge is -2.18. The first kappa shape index (κ1) is 16.0. The van der Waals surface area contributed by atoms with E-state index in [4.69, 9.17) is 9.15 Å². The van der Waals surface area contributed by atoms with Crippen LogP contribution in [0.4, 0.5) is 0 Å². The molecule has 0 unspecified atom stereocenters. The Hall–Kier alpha value is -2.53. The number of likely N-dealkylation sites (tertiary alicyclic amines) is 1. The Bertz CT molecular complexity index is 799. The molecule has 25 heavy (non-hydrogen) atoms. The van der Waals surface area contributed by atoms with Gasteiger partial charge in [0.1, 0.15) is 18.1 Å². The molecule has 0 atom stereocenters. The van der Waals surface area contributed by atoms with Gasteiger partial charge >= 0.3 is 0 Å². The first-order valence-corrected chi connectivity index (χ1v) is 8.88. The number of hydrogen-bond acceptors (Lipinski definition) is 4. The molecule has 5 heteroatoms. The Labute approximate surface area is 146 Å². The predicted octanol–water partition coefficient (Wildman–Crippen LogP) is 2.56. The number of furan rings is 1. The van der Waals surface area contributed by atoms with Gasteiger partial charge in [0.25, 0.3) is 0 Å². The highest BCUT2D eigenvalue weighted by Gasteiger charge is 2.32. The van der Waals surface area contributed by atoms with E-state index in [0.717, 1.165) is 18.7 Å². The average Bonchev–Trinajstić information content (AvgIpc) is 3.13. The van der Waals surface area contributed by atoms with Crippen molar-refractivity contribution in [3.63, 3.8) is 0 Å². The molecule has 2 N–H and O–H groups in total. The molecule has 0 saturated carbocycles. The van der Waals surface area contributed by atoms with Gasteiger partial charge in [0.2, 0.25) is 5.78 Å².